The van der Waals surface area contributed by atoms with Gasteiger partial charge < -0.3 is 10.8 Å². The number of aliphatic carboxylic acids is 1. The van der Waals surface area contributed by atoms with Gasteiger partial charge >= 0.3 is 5.97 Å². The molecule has 1 aromatic carbocycles. The SMILES string of the molecule is CC(C)CC(C(=O)O)c1ccc(N)cc1. The van der Waals surface area contributed by atoms with Gasteiger partial charge in [-0.15, -0.1) is 0 Å². The Kier molecular flexibility index (Phi) is 3.72. The highest BCUT2D eigenvalue weighted by molar-refractivity contribution is 5.76. The number of anilines is 1. The maximum absolute atomic E-state index is 11.1. The number of carbonyl (C=O) groups is 1. The molecule has 3 heteroatoms. The topological polar surface area (TPSA) is 63.3 Å². The van der Waals surface area contributed by atoms with Crippen molar-refractivity contribution in [3.8, 4) is 0 Å². The lowest BCUT2D eigenvalue weighted by Gasteiger charge is -2.15. The van der Waals surface area contributed by atoms with Crippen molar-refractivity contribution in [3.63, 3.8) is 0 Å². The lowest BCUT2D eigenvalue weighted by atomic mass is 9.90. The molecule has 1 aromatic rings. The Morgan fingerprint density at radius 1 is 1.33 bits per heavy atom. The third kappa shape index (κ3) is 3.27. The van der Waals surface area contributed by atoms with Crippen LogP contribution in [0, 0.1) is 5.92 Å². The van der Waals surface area contributed by atoms with Crippen molar-refractivity contribution in [2.75, 3.05) is 5.73 Å². The molecule has 0 radical (unpaired) electrons. The third-order valence-electron chi connectivity index (χ3n) is 2.34. The van der Waals surface area contributed by atoms with Crippen molar-refractivity contribution in [1.29, 1.82) is 0 Å². The van der Waals surface area contributed by atoms with Crippen molar-refractivity contribution in [2.45, 2.75) is 26.2 Å². The average Bonchev–Trinajstić information content (AvgIpc) is 2.15. The molecule has 3 N–H and O–H groups in total. The van der Waals surface area contributed by atoms with Crippen LogP contribution in [0.1, 0.15) is 31.7 Å². The Morgan fingerprint density at radius 2 is 1.87 bits per heavy atom. The number of nitrogen functional groups attached to an aromatic ring is 1. The van der Waals surface area contributed by atoms with E-state index in [0.29, 0.717) is 18.0 Å². The van der Waals surface area contributed by atoms with Gasteiger partial charge in [-0.25, -0.2) is 0 Å². The minimum absolute atomic E-state index is 0.364. The molecule has 0 aliphatic rings. The van der Waals surface area contributed by atoms with E-state index in [-0.39, 0.29) is 0 Å². The summed E-state index contributed by atoms with van der Waals surface area (Å²) in [4.78, 5) is 11.1. The van der Waals surface area contributed by atoms with Crippen molar-refractivity contribution >= 4 is 11.7 Å². The highest BCUT2D eigenvalue weighted by Crippen LogP contribution is 2.24. The first-order valence-electron chi connectivity index (χ1n) is 5.09. The zero-order valence-corrected chi connectivity index (χ0v) is 9.10. The van der Waals surface area contributed by atoms with Gasteiger partial charge in [-0.05, 0) is 30.0 Å². The Morgan fingerprint density at radius 3 is 2.27 bits per heavy atom. The van der Waals surface area contributed by atoms with Crippen LogP contribution in [0.15, 0.2) is 24.3 Å². The Hall–Kier alpha value is -1.51. The summed E-state index contributed by atoms with van der Waals surface area (Å²) in [5.74, 6) is -0.831. The summed E-state index contributed by atoms with van der Waals surface area (Å²) >= 11 is 0. The van der Waals surface area contributed by atoms with Gasteiger partial charge in [0, 0.05) is 5.69 Å². The van der Waals surface area contributed by atoms with E-state index in [9.17, 15) is 4.79 Å². The summed E-state index contributed by atoms with van der Waals surface area (Å²) in [6, 6.07) is 7.06. The molecule has 0 fully saturated rings. The predicted molar refractivity (Wildman–Crippen MR) is 60.7 cm³/mol. The first-order valence-corrected chi connectivity index (χ1v) is 5.09. The zero-order chi connectivity index (χ0) is 11.4. The Bertz CT molecular complexity index is 330. The van der Waals surface area contributed by atoms with Crippen LogP contribution in [-0.2, 0) is 4.79 Å². The summed E-state index contributed by atoms with van der Waals surface area (Å²) in [6.07, 6.45) is 0.652. The summed E-state index contributed by atoms with van der Waals surface area (Å²) in [5.41, 5.74) is 7.04. The molecular weight excluding hydrogens is 190 g/mol. The molecule has 0 amide bonds. The molecule has 82 valence electrons. The van der Waals surface area contributed by atoms with E-state index < -0.39 is 11.9 Å². The van der Waals surface area contributed by atoms with Crippen LogP contribution in [-0.4, -0.2) is 11.1 Å². The van der Waals surface area contributed by atoms with Crippen molar-refractivity contribution in [3.05, 3.63) is 29.8 Å². The first kappa shape index (κ1) is 11.6. The first-order chi connectivity index (χ1) is 7.00. The highest BCUT2D eigenvalue weighted by atomic mass is 16.4. The van der Waals surface area contributed by atoms with Crippen LogP contribution >= 0.6 is 0 Å². The number of hydrogen-bond donors (Lipinski definition) is 2. The van der Waals surface area contributed by atoms with E-state index in [1.165, 1.54) is 0 Å². The van der Waals surface area contributed by atoms with Gasteiger partial charge in [0.15, 0.2) is 0 Å². The summed E-state index contributed by atoms with van der Waals surface area (Å²) in [7, 11) is 0. The van der Waals surface area contributed by atoms with E-state index in [2.05, 4.69) is 0 Å². The lowest BCUT2D eigenvalue weighted by molar-refractivity contribution is -0.139. The molecule has 1 rings (SSSR count). The molecule has 0 aromatic heterocycles. The fourth-order valence-electron chi connectivity index (χ4n) is 1.58. The van der Waals surface area contributed by atoms with Crippen molar-refractivity contribution < 1.29 is 9.90 Å². The third-order valence-corrected chi connectivity index (χ3v) is 2.34. The second-order valence-electron chi connectivity index (χ2n) is 4.19. The van der Waals surface area contributed by atoms with Crippen LogP contribution in [0.5, 0.6) is 0 Å². The lowest BCUT2D eigenvalue weighted by Crippen LogP contribution is -2.14. The normalized spacial score (nSPS) is 12.7. The molecule has 0 bridgehead atoms. The number of hydrogen-bond acceptors (Lipinski definition) is 2. The predicted octanol–water partition coefficient (Wildman–Crippen LogP) is 2.48. The Labute approximate surface area is 89.9 Å². The number of benzene rings is 1. The molecule has 0 aliphatic carbocycles. The largest absolute Gasteiger partial charge is 0.481 e. The number of carboxylic acids is 1. The maximum Gasteiger partial charge on any atom is 0.310 e. The molecule has 15 heavy (non-hydrogen) atoms. The summed E-state index contributed by atoms with van der Waals surface area (Å²) < 4.78 is 0. The zero-order valence-electron chi connectivity index (χ0n) is 9.10. The van der Waals surface area contributed by atoms with Crippen LogP contribution < -0.4 is 5.73 Å². The molecular formula is C12H17NO2. The minimum Gasteiger partial charge on any atom is -0.481 e. The highest BCUT2D eigenvalue weighted by Gasteiger charge is 2.20. The smallest absolute Gasteiger partial charge is 0.310 e. The summed E-state index contributed by atoms with van der Waals surface area (Å²) in [6.45, 7) is 4.04. The van der Waals surface area contributed by atoms with Gasteiger partial charge in [-0.3, -0.25) is 4.79 Å². The second-order valence-corrected chi connectivity index (χ2v) is 4.19. The van der Waals surface area contributed by atoms with Gasteiger partial charge in [-0.2, -0.15) is 0 Å². The number of carboxylic acid groups (broad SMARTS) is 1. The van der Waals surface area contributed by atoms with E-state index >= 15 is 0 Å². The average molecular weight is 207 g/mol. The van der Waals surface area contributed by atoms with Gasteiger partial charge in [0.25, 0.3) is 0 Å². The van der Waals surface area contributed by atoms with Crippen LogP contribution in [0.3, 0.4) is 0 Å². The second kappa shape index (κ2) is 4.82. The van der Waals surface area contributed by atoms with Crippen LogP contribution in [0.4, 0.5) is 5.69 Å². The molecule has 0 saturated heterocycles. The van der Waals surface area contributed by atoms with Gasteiger partial charge in [0.2, 0.25) is 0 Å². The van der Waals surface area contributed by atoms with Gasteiger partial charge in [-0.1, -0.05) is 26.0 Å². The fraction of sp³-hybridized carbons (Fsp3) is 0.417. The fourth-order valence-corrected chi connectivity index (χ4v) is 1.58. The maximum atomic E-state index is 11.1. The molecule has 3 nitrogen and oxygen atoms in total. The molecule has 0 heterocycles. The van der Waals surface area contributed by atoms with E-state index in [1.54, 1.807) is 24.3 Å². The standard InChI is InChI=1S/C12H17NO2/c1-8(2)7-11(12(14)15)9-3-5-10(13)6-4-9/h3-6,8,11H,7,13H2,1-2H3,(H,14,15). The van der Waals surface area contributed by atoms with Gasteiger partial charge in [0.1, 0.15) is 0 Å². The van der Waals surface area contributed by atoms with Crippen LogP contribution in [0.2, 0.25) is 0 Å². The number of nitrogens with two attached hydrogens (primary N) is 1. The quantitative estimate of drug-likeness (QED) is 0.745. The minimum atomic E-state index is -0.770. The van der Waals surface area contributed by atoms with Crippen LogP contribution in [0.25, 0.3) is 0 Å². The Balaban J connectivity index is 2.89. The summed E-state index contributed by atoms with van der Waals surface area (Å²) in [5, 5.41) is 9.11. The van der Waals surface area contributed by atoms with Crippen molar-refractivity contribution in [1.82, 2.24) is 0 Å². The van der Waals surface area contributed by atoms with E-state index in [1.807, 2.05) is 13.8 Å². The monoisotopic (exact) mass is 207 g/mol. The van der Waals surface area contributed by atoms with Crippen molar-refractivity contribution in [2.24, 2.45) is 5.92 Å². The van der Waals surface area contributed by atoms with E-state index in [4.69, 9.17) is 10.8 Å². The van der Waals surface area contributed by atoms with E-state index in [0.717, 1.165) is 5.56 Å². The number of rotatable bonds is 4. The molecule has 0 aliphatic heterocycles. The van der Waals surface area contributed by atoms with Gasteiger partial charge in [0.05, 0.1) is 5.92 Å². The molecule has 1 atom stereocenters. The molecule has 0 saturated carbocycles. The molecule has 0 spiro atoms. The molecule has 1 unspecified atom stereocenters.